The molecule has 0 saturated carbocycles. The van der Waals surface area contributed by atoms with Crippen LogP contribution in [0, 0.1) is 9.52 Å². The van der Waals surface area contributed by atoms with Crippen LogP contribution < -0.4 is 0 Å². The van der Waals surface area contributed by atoms with Gasteiger partial charge >= 0.3 is 5.97 Å². The zero-order chi connectivity index (χ0) is 11.6. The third-order valence-corrected chi connectivity index (χ3v) is 2.68. The van der Waals surface area contributed by atoms with E-state index in [2.05, 4.69) is 4.98 Å². The summed E-state index contributed by atoms with van der Waals surface area (Å²) in [5, 5.41) is 8.46. The number of aromatic nitrogens is 1. The maximum atomic E-state index is 12.9. The van der Waals surface area contributed by atoms with Crippen molar-refractivity contribution in [2.24, 2.45) is 0 Å². The Morgan fingerprint density at radius 1 is 1.60 bits per heavy atom. The molecule has 0 bridgehead atoms. The lowest BCUT2D eigenvalue weighted by Crippen LogP contribution is -2.08. The van der Waals surface area contributed by atoms with Gasteiger partial charge < -0.3 is 5.11 Å². The second-order valence-electron chi connectivity index (χ2n) is 2.67. The number of carbonyl (C=O) groups is 1. The van der Waals surface area contributed by atoms with Gasteiger partial charge in [-0.1, -0.05) is 0 Å². The fourth-order valence-electron chi connectivity index (χ4n) is 1.05. The van der Waals surface area contributed by atoms with Crippen molar-refractivity contribution in [3.8, 4) is 0 Å². The largest absolute Gasteiger partial charge is 0.481 e. The Bertz CT molecular complexity index is 398. The van der Waals surface area contributed by atoms with E-state index in [0.29, 0.717) is 0 Å². The normalized spacial score (nSPS) is 10.7. The average molecular weight is 331 g/mol. The maximum Gasteiger partial charge on any atom is 0.307 e. The Morgan fingerprint density at radius 3 is 2.67 bits per heavy atom. The van der Waals surface area contributed by atoms with Crippen LogP contribution in [0.3, 0.4) is 0 Å². The molecule has 15 heavy (non-hydrogen) atoms. The highest BCUT2D eigenvalue weighted by molar-refractivity contribution is 14.1. The first kappa shape index (κ1) is 12.2. The number of hydrogen-bond donors (Lipinski definition) is 1. The van der Waals surface area contributed by atoms with Gasteiger partial charge in [-0.15, -0.1) is 0 Å². The molecule has 7 heteroatoms. The molecule has 3 nitrogen and oxygen atoms in total. The summed E-state index contributed by atoms with van der Waals surface area (Å²) in [6.45, 7) is 0. The third kappa shape index (κ3) is 2.80. The van der Waals surface area contributed by atoms with Crippen molar-refractivity contribution in [2.45, 2.75) is 12.8 Å². The molecule has 1 aromatic rings. The van der Waals surface area contributed by atoms with Crippen molar-refractivity contribution in [1.29, 1.82) is 0 Å². The zero-order valence-electron chi connectivity index (χ0n) is 7.18. The highest BCUT2D eigenvalue weighted by Gasteiger charge is 2.21. The fraction of sp³-hybridized carbons (Fsp3) is 0.250. The Balaban J connectivity index is 3.26. The van der Waals surface area contributed by atoms with Crippen molar-refractivity contribution < 1.29 is 23.1 Å². The van der Waals surface area contributed by atoms with Crippen LogP contribution in [0.2, 0.25) is 0 Å². The molecule has 82 valence electrons. The molecule has 1 aromatic heterocycles. The van der Waals surface area contributed by atoms with Crippen LogP contribution >= 0.6 is 22.6 Å². The lowest BCUT2D eigenvalue weighted by Gasteiger charge is -2.08. The first-order chi connectivity index (χ1) is 6.93. The van der Waals surface area contributed by atoms with Gasteiger partial charge in [-0.25, -0.2) is 13.8 Å². The summed E-state index contributed by atoms with van der Waals surface area (Å²) >= 11 is 1.38. The van der Waals surface area contributed by atoms with Crippen LogP contribution in [0.25, 0.3) is 0 Å². The lowest BCUT2D eigenvalue weighted by molar-refractivity contribution is -0.136. The molecule has 0 aliphatic rings. The summed E-state index contributed by atoms with van der Waals surface area (Å²) in [4.78, 5) is 13.6. The smallest absolute Gasteiger partial charge is 0.307 e. The van der Waals surface area contributed by atoms with Crippen LogP contribution in [-0.4, -0.2) is 16.1 Å². The van der Waals surface area contributed by atoms with E-state index in [1.165, 1.54) is 22.6 Å². The number of hydrogen-bond acceptors (Lipinski definition) is 2. The van der Waals surface area contributed by atoms with Gasteiger partial charge in [0.15, 0.2) is 0 Å². The molecule has 1 heterocycles. The highest BCUT2D eigenvalue weighted by atomic mass is 127. The summed E-state index contributed by atoms with van der Waals surface area (Å²) in [5.41, 5.74) is -0.756. The topological polar surface area (TPSA) is 50.2 Å². The molecule has 0 unspecified atom stereocenters. The molecule has 0 amide bonds. The summed E-state index contributed by atoms with van der Waals surface area (Å²) < 4.78 is 37.6. The van der Waals surface area contributed by atoms with E-state index < -0.39 is 30.3 Å². The quantitative estimate of drug-likeness (QED) is 0.684. The van der Waals surface area contributed by atoms with Gasteiger partial charge in [0, 0.05) is 11.8 Å². The Labute approximate surface area is 96.5 Å². The van der Waals surface area contributed by atoms with Gasteiger partial charge in [-0.2, -0.15) is 4.39 Å². The second-order valence-corrected chi connectivity index (χ2v) is 3.75. The highest BCUT2D eigenvalue weighted by Crippen LogP contribution is 2.29. The van der Waals surface area contributed by atoms with Crippen molar-refractivity contribution >= 4 is 28.6 Å². The van der Waals surface area contributed by atoms with Gasteiger partial charge in [-0.3, -0.25) is 4.79 Å². The van der Waals surface area contributed by atoms with E-state index in [9.17, 15) is 18.0 Å². The minimum Gasteiger partial charge on any atom is -0.481 e. The minimum absolute atomic E-state index is 0.164. The monoisotopic (exact) mass is 331 g/mol. The van der Waals surface area contributed by atoms with Gasteiger partial charge in [0.05, 0.1) is 9.99 Å². The molecule has 0 aromatic carbocycles. The first-order valence-electron chi connectivity index (χ1n) is 3.76. The van der Waals surface area contributed by atoms with Gasteiger partial charge in [0.1, 0.15) is 0 Å². The molecule has 0 atom stereocenters. The molecule has 0 aliphatic heterocycles. The van der Waals surface area contributed by atoms with Crippen LogP contribution in [0.5, 0.6) is 0 Å². The number of aliphatic carboxylic acids is 1. The molecule has 0 saturated heterocycles. The van der Waals surface area contributed by atoms with E-state index in [1.54, 1.807) is 0 Å². The van der Waals surface area contributed by atoms with Crippen LogP contribution in [-0.2, 0) is 11.2 Å². The van der Waals surface area contributed by atoms with Gasteiger partial charge in [0.25, 0.3) is 6.43 Å². The van der Waals surface area contributed by atoms with E-state index >= 15 is 0 Å². The fourth-order valence-corrected chi connectivity index (χ4v) is 1.77. The third-order valence-electron chi connectivity index (χ3n) is 1.66. The Morgan fingerprint density at radius 2 is 2.20 bits per heavy atom. The van der Waals surface area contributed by atoms with Crippen LogP contribution in [0.4, 0.5) is 13.2 Å². The molecule has 0 aliphatic carbocycles. The van der Waals surface area contributed by atoms with E-state index in [4.69, 9.17) is 5.11 Å². The molecule has 1 N–H and O–H groups in total. The zero-order valence-corrected chi connectivity index (χ0v) is 9.33. The minimum atomic E-state index is -2.91. The number of pyridine rings is 1. The SMILES string of the molecule is O=C(O)Cc1cnc(F)c(I)c1C(F)F. The Hall–Kier alpha value is -0.860. The summed E-state index contributed by atoms with van der Waals surface area (Å²) in [7, 11) is 0. The average Bonchev–Trinajstić information content (AvgIpc) is 2.10. The van der Waals surface area contributed by atoms with Crippen molar-refractivity contribution in [3.63, 3.8) is 0 Å². The van der Waals surface area contributed by atoms with Crippen molar-refractivity contribution in [3.05, 3.63) is 26.8 Å². The molecular weight excluding hydrogens is 326 g/mol. The predicted octanol–water partition coefficient (Wildman–Crippen LogP) is 2.39. The molecule has 0 spiro atoms. The number of nitrogens with zero attached hydrogens (tertiary/aromatic N) is 1. The predicted molar refractivity (Wildman–Crippen MR) is 53.2 cm³/mol. The maximum absolute atomic E-state index is 12.9. The number of alkyl halides is 2. The van der Waals surface area contributed by atoms with Crippen molar-refractivity contribution in [2.75, 3.05) is 0 Å². The van der Waals surface area contributed by atoms with Gasteiger partial charge in [0.2, 0.25) is 5.95 Å². The number of halogens is 4. The first-order valence-corrected chi connectivity index (χ1v) is 4.84. The van der Waals surface area contributed by atoms with Gasteiger partial charge in [-0.05, 0) is 28.2 Å². The van der Waals surface area contributed by atoms with Crippen molar-refractivity contribution in [1.82, 2.24) is 4.98 Å². The molecular formula is C8H5F3INO2. The summed E-state index contributed by atoms with van der Waals surface area (Å²) in [6.07, 6.45) is -2.68. The van der Waals surface area contributed by atoms with E-state index in [1.807, 2.05) is 0 Å². The second kappa shape index (κ2) is 4.77. The summed E-state index contributed by atoms with van der Waals surface area (Å²) in [5.74, 6) is -2.28. The molecule has 0 radical (unpaired) electrons. The number of rotatable bonds is 3. The van der Waals surface area contributed by atoms with Crippen LogP contribution in [0.1, 0.15) is 17.6 Å². The Kier molecular flexibility index (Phi) is 3.89. The van der Waals surface area contributed by atoms with E-state index in [-0.39, 0.29) is 9.13 Å². The standard InChI is InChI=1S/C8H5F3INO2/c9-7(10)5-3(1-4(14)15)2-13-8(11)6(5)12/h2,7H,1H2,(H,14,15). The lowest BCUT2D eigenvalue weighted by atomic mass is 10.1. The number of carboxylic acids is 1. The molecule has 0 fully saturated rings. The molecule has 1 rings (SSSR count). The van der Waals surface area contributed by atoms with E-state index in [0.717, 1.165) is 6.20 Å². The summed E-state index contributed by atoms with van der Waals surface area (Å²) in [6, 6.07) is 0. The van der Waals surface area contributed by atoms with Crippen LogP contribution in [0.15, 0.2) is 6.20 Å². The number of carboxylic acid groups (broad SMARTS) is 1.